The maximum atomic E-state index is 4.06. The second-order valence-electron chi connectivity index (χ2n) is 3.11. The van der Waals surface area contributed by atoms with Gasteiger partial charge in [0, 0.05) is 0 Å². The average Bonchev–Trinajstić information content (AvgIpc) is 2.72. The molecule has 71 valence electrons. The minimum atomic E-state index is 0.933. The van der Waals surface area contributed by atoms with Gasteiger partial charge in [0.1, 0.15) is 12.7 Å². The summed E-state index contributed by atoms with van der Waals surface area (Å²) in [5, 5.41) is 4.06. The van der Waals surface area contributed by atoms with Gasteiger partial charge < -0.3 is 0 Å². The highest BCUT2D eigenvalue weighted by atomic mass is 15.3. The van der Waals surface area contributed by atoms with Crippen LogP contribution >= 0.6 is 0 Å². The molecule has 1 aromatic carbocycles. The third-order valence-corrected chi connectivity index (χ3v) is 2.09. The molecule has 0 N–H and O–H groups in total. The summed E-state index contributed by atoms with van der Waals surface area (Å²) >= 11 is 0. The number of hydrogen-bond acceptors (Lipinski definition) is 2. The highest BCUT2D eigenvalue weighted by molar-refractivity contribution is 5.33. The number of aryl methyl sites for hydroxylation is 1. The van der Waals surface area contributed by atoms with Crippen molar-refractivity contribution in [2.45, 2.75) is 12.8 Å². The van der Waals surface area contributed by atoms with E-state index in [2.05, 4.69) is 29.1 Å². The van der Waals surface area contributed by atoms with Crippen LogP contribution in [0, 0.1) is 6.92 Å². The van der Waals surface area contributed by atoms with Crippen LogP contribution in [0.25, 0.3) is 5.69 Å². The lowest BCUT2D eigenvalue weighted by molar-refractivity contribution is 0.876. The van der Waals surface area contributed by atoms with E-state index in [1.807, 2.05) is 12.1 Å². The van der Waals surface area contributed by atoms with Gasteiger partial charge in [-0.2, -0.15) is 5.10 Å². The summed E-state index contributed by atoms with van der Waals surface area (Å²) in [4.78, 5) is 3.90. The maximum absolute atomic E-state index is 4.06. The summed E-state index contributed by atoms with van der Waals surface area (Å²) < 4.78 is 1.74. The number of nitrogens with zero attached hydrogens (tertiary/aromatic N) is 3. The minimum absolute atomic E-state index is 0.933. The van der Waals surface area contributed by atoms with E-state index < -0.39 is 0 Å². The van der Waals surface area contributed by atoms with Crippen molar-refractivity contribution in [2.24, 2.45) is 0 Å². The third kappa shape index (κ3) is 1.82. The normalized spacial score (nSPS) is 10.4. The van der Waals surface area contributed by atoms with Crippen LogP contribution < -0.4 is 0 Å². The second kappa shape index (κ2) is 4.05. The largest absolute Gasteiger partial charge is 0.223 e. The van der Waals surface area contributed by atoms with Gasteiger partial charge in [0.25, 0.3) is 0 Å². The monoisotopic (exact) mass is 186 g/mol. The Balaban J connectivity index is 2.22. The Bertz CT molecular complexity index is 375. The summed E-state index contributed by atoms with van der Waals surface area (Å²) in [6.07, 6.45) is 5.18. The van der Waals surface area contributed by atoms with E-state index in [0.29, 0.717) is 0 Å². The van der Waals surface area contributed by atoms with Crippen molar-refractivity contribution in [2.75, 3.05) is 0 Å². The molecule has 0 atom stereocenters. The first-order valence-corrected chi connectivity index (χ1v) is 4.63. The molecule has 0 unspecified atom stereocenters. The van der Waals surface area contributed by atoms with Crippen molar-refractivity contribution in [1.82, 2.24) is 14.8 Å². The predicted molar refractivity (Wildman–Crippen MR) is 55.0 cm³/mol. The van der Waals surface area contributed by atoms with E-state index in [9.17, 15) is 0 Å². The van der Waals surface area contributed by atoms with Gasteiger partial charge in [-0.25, -0.2) is 9.67 Å². The van der Waals surface area contributed by atoms with Gasteiger partial charge in [-0.3, -0.25) is 0 Å². The Morgan fingerprint density at radius 3 is 2.57 bits per heavy atom. The molecule has 1 aromatic heterocycles. The van der Waals surface area contributed by atoms with Crippen molar-refractivity contribution < 1.29 is 0 Å². The lowest BCUT2D eigenvalue weighted by Gasteiger charge is -2.02. The van der Waals surface area contributed by atoms with Crippen molar-refractivity contribution >= 4 is 0 Å². The van der Waals surface area contributed by atoms with Gasteiger partial charge in [0.05, 0.1) is 5.69 Å². The first-order chi connectivity index (χ1) is 6.90. The molecule has 14 heavy (non-hydrogen) atoms. The third-order valence-electron chi connectivity index (χ3n) is 2.09. The van der Waals surface area contributed by atoms with Gasteiger partial charge in [-0.15, -0.1) is 0 Å². The van der Waals surface area contributed by atoms with Gasteiger partial charge in [-0.1, -0.05) is 19.1 Å². The molecule has 0 spiro atoms. The number of rotatable bonds is 3. The maximum Gasteiger partial charge on any atom is 0.138 e. The number of aromatic nitrogens is 3. The van der Waals surface area contributed by atoms with E-state index in [4.69, 9.17) is 0 Å². The molecule has 2 aromatic rings. The molecule has 0 bridgehead atoms. The van der Waals surface area contributed by atoms with Crippen molar-refractivity contribution in [3.05, 3.63) is 49.4 Å². The van der Waals surface area contributed by atoms with Gasteiger partial charge in [0.15, 0.2) is 0 Å². The number of benzene rings is 1. The smallest absolute Gasteiger partial charge is 0.138 e. The summed E-state index contributed by atoms with van der Waals surface area (Å²) in [6, 6.07) is 8.28. The molecule has 1 heterocycles. The Morgan fingerprint density at radius 2 is 2.00 bits per heavy atom. The zero-order chi connectivity index (χ0) is 9.80. The predicted octanol–water partition coefficient (Wildman–Crippen LogP) is 2.03. The zero-order valence-corrected chi connectivity index (χ0v) is 7.93. The van der Waals surface area contributed by atoms with E-state index >= 15 is 0 Å². The van der Waals surface area contributed by atoms with E-state index in [0.717, 1.165) is 18.5 Å². The lowest BCUT2D eigenvalue weighted by Crippen LogP contribution is -1.94. The molecule has 0 aliphatic carbocycles. The molecule has 0 aliphatic heterocycles. The summed E-state index contributed by atoms with van der Waals surface area (Å²) in [7, 11) is 0. The van der Waals surface area contributed by atoms with Crippen LogP contribution in [0.1, 0.15) is 12.0 Å². The van der Waals surface area contributed by atoms with Crippen LogP contribution in [0.15, 0.2) is 36.9 Å². The molecule has 3 nitrogen and oxygen atoms in total. The minimum Gasteiger partial charge on any atom is -0.223 e. The van der Waals surface area contributed by atoms with E-state index in [1.165, 1.54) is 11.9 Å². The van der Waals surface area contributed by atoms with Crippen molar-refractivity contribution in [3.63, 3.8) is 0 Å². The quantitative estimate of drug-likeness (QED) is 0.734. The summed E-state index contributed by atoms with van der Waals surface area (Å²) in [6.45, 7) is 3.83. The molecule has 2 rings (SSSR count). The van der Waals surface area contributed by atoms with Crippen LogP contribution in [0.5, 0.6) is 0 Å². The highest BCUT2D eigenvalue weighted by Gasteiger charge is 1.96. The fourth-order valence-corrected chi connectivity index (χ4v) is 1.36. The highest BCUT2D eigenvalue weighted by Crippen LogP contribution is 2.09. The van der Waals surface area contributed by atoms with Gasteiger partial charge in [0.2, 0.25) is 0 Å². The molecular formula is C11H12N3. The Kier molecular flexibility index (Phi) is 2.58. The topological polar surface area (TPSA) is 30.7 Å². The Labute approximate surface area is 83.4 Å². The first kappa shape index (κ1) is 8.94. The molecule has 0 saturated heterocycles. The molecule has 0 saturated carbocycles. The second-order valence-corrected chi connectivity index (χ2v) is 3.11. The van der Waals surface area contributed by atoms with Crippen LogP contribution in [0.2, 0.25) is 0 Å². The molecular weight excluding hydrogens is 174 g/mol. The van der Waals surface area contributed by atoms with Crippen LogP contribution in [-0.2, 0) is 6.42 Å². The van der Waals surface area contributed by atoms with Crippen molar-refractivity contribution in [1.29, 1.82) is 0 Å². The van der Waals surface area contributed by atoms with E-state index in [1.54, 1.807) is 11.0 Å². The van der Waals surface area contributed by atoms with Gasteiger partial charge >= 0.3 is 0 Å². The van der Waals surface area contributed by atoms with Crippen LogP contribution in [-0.4, -0.2) is 14.8 Å². The molecule has 0 fully saturated rings. The lowest BCUT2D eigenvalue weighted by atomic mass is 10.1. The molecule has 0 amide bonds. The Hall–Kier alpha value is -1.64. The van der Waals surface area contributed by atoms with Crippen molar-refractivity contribution in [3.8, 4) is 5.69 Å². The standard InChI is InChI=1S/C11H12N3/c1-2-3-10-4-6-11(7-5-10)14-9-12-8-13-14/h4-9H,1-3H2. The Morgan fingerprint density at radius 1 is 1.21 bits per heavy atom. The van der Waals surface area contributed by atoms with Crippen LogP contribution in [0.4, 0.5) is 0 Å². The van der Waals surface area contributed by atoms with Gasteiger partial charge in [-0.05, 0) is 30.5 Å². The molecule has 0 aliphatic rings. The first-order valence-electron chi connectivity index (χ1n) is 4.63. The van der Waals surface area contributed by atoms with E-state index in [-0.39, 0.29) is 0 Å². The molecule has 1 radical (unpaired) electrons. The number of hydrogen-bond donors (Lipinski definition) is 0. The average molecular weight is 186 g/mol. The van der Waals surface area contributed by atoms with Crippen LogP contribution in [0.3, 0.4) is 0 Å². The zero-order valence-electron chi connectivity index (χ0n) is 7.93. The fraction of sp³-hybridized carbons (Fsp3) is 0.182. The summed E-state index contributed by atoms with van der Waals surface area (Å²) in [5.74, 6) is 0. The summed E-state index contributed by atoms with van der Waals surface area (Å²) in [5.41, 5.74) is 2.35. The SMILES string of the molecule is [CH2]CCc1ccc(-n2cncn2)cc1. The fourth-order valence-electron chi connectivity index (χ4n) is 1.36. The molecule has 3 heteroatoms.